The molecule has 0 aromatic heterocycles. The van der Waals surface area contributed by atoms with Crippen molar-refractivity contribution < 1.29 is 4.79 Å². The minimum atomic E-state index is 0. The Hall–Kier alpha value is -0.480. The van der Waals surface area contributed by atoms with Gasteiger partial charge in [0.1, 0.15) is 0 Å². The number of urea groups is 1. The van der Waals surface area contributed by atoms with E-state index in [0.29, 0.717) is 6.04 Å². The maximum absolute atomic E-state index is 11.8. The molecule has 5 heteroatoms. The predicted octanol–water partition coefficient (Wildman–Crippen LogP) is 0.918. The molecule has 0 bridgehead atoms. The van der Waals surface area contributed by atoms with E-state index in [9.17, 15) is 4.79 Å². The van der Waals surface area contributed by atoms with Crippen LogP contribution in [0.2, 0.25) is 0 Å². The summed E-state index contributed by atoms with van der Waals surface area (Å²) in [7, 11) is 1.89. The van der Waals surface area contributed by atoms with Crippen molar-refractivity contribution in [3.05, 3.63) is 0 Å². The molecule has 2 heterocycles. The van der Waals surface area contributed by atoms with Gasteiger partial charge in [-0.25, -0.2) is 4.79 Å². The first-order valence-electron chi connectivity index (χ1n) is 5.51. The summed E-state index contributed by atoms with van der Waals surface area (Å²) in [4.78, 5) is 15.7. The first-order valence-corrected chi connectivity index (χ1v) is 5.51. The summed E-state index contributed by atoms with van der Waals surface area (Å²) in [6.45, 7) is 3.93. The second-order valence-electron chi connectivity index (χ2n) is 4.25. The maximum atomic E-state index is 11.8. The molecule has 0 aromatic carbocycles. The zero-order valence-electron chi connectivity index (χ0n) is 9.24. The molecule has 2 amide bonds. The Kier molecular flexibility index (Phi) is 4.67. The number of halogens is 1. The monoisotopic (exact) mass is 233 g/mol. The van der Waals surface area contributed by atoms with Gasteiger partial charge in [0.15, 0.2) is 0 Å². The van der Waals surface area contributed by atoms with Crippen LogP contribution in [0.4, 0.5) is 4.79 Å². The van der Waals surface area contributed by atoms with Gasteiger partial charge in [-0.05, 0) is 25.8 Å². The second-order valence-corrected chi connectivity index (χ2v) is 4.25. The molecule has 4 nitrogen and oxygen atoms in total. The zero-order valence-corrected chi connectivity index (χ0v) is 10.1. The summed E-state index contributed by atoms with van der Waals surface area (Å²) in [6.07, 6.45) is 3.46. The number of carbonyl (C=O) groups excluding carboxylic acids is 1. The lowest BCUT2D eigenvalue weighted by Gasteiger charge is -2.40. The topological polar surface area (TPSA) is 35.6 Å². The normalized spacial score (nSPS) is 27.5. The Labute approximate surface area is 97.4 Å². The lowest BCUT2D eigenvalue weighted by molar-refractivity contribution is 0.109. The van der Waals surface area contributed by atoms with Gasteiger partial charge in [0, 0.05) is 32.7 Å². The third-order valence-electron chi connectivity index (χ3n) is 3.18. The molecule has 0 aromatic rings. The molecule has 0 radical (unpaired) electrons. The molecule has 1 atom stereocenters. The fourth-order valence-electron chi connectivity index (χ4n) is 2.33. The van der Waals surface area contributed by atoms with Gasteiger partial charge in [0.2, 0.25) is 0 Å². The van der Waals surface area contributed by atoms with Crippen molar-refractivity contribution in [2.45, 2.75) is 25.3 Å². The number of carbonyl (C=O) groups is 1. The molecular weight excluding hydrogens is 214 g/mol. The average Bonchev–Trinajstić information content (AvgIpc) is 2.23. The van der Waals surface area contributed by atoms with E-state index in [2.05, 4.69) is 5.32 Å². The first-order chi connectivity index (χ1) is 6.79. The van der Waals surface area contributed by atoms with E-state index in [0.717, 1.165) is 39.0 Å². The standard InChI is InChI=1S/C10H19N3O.ClH/c1-12-6-3-7-13(10(12)14)9-4-2-5-11-8-9;/h9,11H,2-8H2,1H3;1H. The van der Waals surface area contributed by atoms with Crippen LogP contribution in [0.1, 0.15) is 19.3 Å². The SMILES string of the molecule is CN1CCCN(C2CCCNC2)C1=O.Cl. The summed E-state index contributed by atoms with van der Waals surface area (Å²) < 4.78 is 0. The van der Waals surface area contributed by atoms with Gasteiger partial charge in [-0.15, -0.1) is 12.4 Å². The molecule has 2 aliphatic rings. The molecule has 0 spiro atoms. The van der Waals surface area contributed by atoms with Gasteiger partial charge in [0.05, 0.1) is 0 Å². The number of hydrogen-bond donors (Lipinski definition) is 1. The smallest absolute Gasteiger partial charge is 0.320 e. The molecule has 2 rings (SSSR count). The molecule has 88 valence electrons. The van der Waals surface area contributed by atoms with Crippen molar-refractivity contribution in [1.82, 2.24) is 15.1 Å². The molecule has 0 saturated carbocycles. The van der Waals surface area contributed by atoms with E-state index < -0.39 is 0 Å². The highest BCUT2D eigenvalue weighted by Crippen LogP contribution is 2.16. The third kappa shape index (κ3) is 2.75. The zero-order chi connectivity index (χ0) is 9.97. The van der Waals surface area contributed by atoms with Crippen LogP contribution >= 0.6 is 12.4 Å². The van der Waals surface area contributed by atoms with Crippen molar-refractivity contribution in [3.8, 4) is 0 Å². The lowest BCUT2D eigenvalue weighted by atomic mass is 10.1. The van der Waals surface area contributed by atoms with Gasteiger partial charge < -0.3 is 15.1 Å². The van der Waals surface area contributed by atoms with Crippen LogP contribution in [0.5, 0.6) is 0 Å². The average molecular weight is 234 g/mol. The Morgan fingerprint density at radius 3 is 2.80 bits per heavy atom. The fraction of sp³-hybridized carbons (Fsp3) is 0.900. The first kappa shape index (κ1) is 12.6. The van der Waals surface area contributed by atoms with Crippen molar-refractivity contribution in [2.75, 3.05) is 33.2 Å². The Bertz CT molecular complexity index is 219. The summed E-state index contributed by atoms with van der Waals surface area (Å²) in [5.74, 6) is 0. The largest absolute Gasteiger partial charge is 0.328 e. The number of hydrogen-bond acceptors (Lipinski definition) is 2. The Morgan fingerprint density at radius 1 is 1.33 bits per heavy atom. The van der Waals surface area contributed by atoms with Crippen molar-refractivity contribution in [3.63, 3.8) is 0 Å². The number of nitrogens with zero attached hydrogens (tertiary/aromatic N) is 2. The minimum absolute atomic E-state index is 0. The van der Waals surface area contributed by atoms with Gasteiger partial charge >= 0.3 is 6.03 Å². The molecule has 2 saturated heterocycles. The summed E-state index contributed by atoms with van der Waals surface area (Å²) in [6, 6.07) is 0.643. The van der Waals surface area contributed by atoms with Crippen LogP contribution in [-0.2, 0) is 0 Å². The molecular formula is C10H20ClN3O. The summed E-state index contributed by atoms with van der Waals surface area (Å²) >= 11 is 0. The molecule has 2 aliphatic heterocycles. The Balaban J connectivity index is 0.00000112. The van der Waals surface area contributed by atoms with E-state index in [4.69, 9.17) is 0 Å². The number of nitrogens with one attached hydrogen (secondary N) is 1. The maximum Gasteiger partial charge on any atom is 0.320 e. The molecule has 1 unspecified atom stereocenters. The molecule has 2 fully saturated rings. The third-order valence-corrected chi connectivity index (χ3v) is 3.18. The van der Waals surface area contributed by atoms with Crippen LogP contribution in [-0.4, -0.2) is 55.1 Å². The van der Waals surface area contributed by atoms with E-state index in [-0.39, 0.29) is 18.4 Å². The minimum Gasteiger partial charge on any atom is -0.328 e. The van der Waals surface area contributed by atoms with E-state index in [1.165, 1.54) is 6.42 Å². The van der Waals surface area contributed by atoms with Crippen LogP contribution in [0.25, 0.3) is 0 Å². The summed E-state index contributed by atoms with van der Waals surface area (Å²) in [5, 5.41) is 3.36. The molecule has 1 N–H and O–H groups in total. The van der Waals surface area contributed by atoms with Crippen LogP contribution < -0.4 is 5.32 Å². The fourth-order valence-corrected chi connectivity index (χ4v) is 2.33. The van der Waals surface area contributed by atoms with Gasteiger partial charge in [-0.1, -0.05) is 0 Å². The van der Waals surface area contributed by atoms with Crippen LogP contribution in [0, 0.1) is 0 Å². The van der Waals surface area contributed by atoms with Gasteiger partial charge in [-0.3, -0.25) is 0 Å². The highest BCUT2D eigenvalue weighted by Gasteiger charge is 2.29. The van der Waals surface area contributed by atoms with Crippen LogP contribution in [0.3, 0.4) is 0 Å². The van der Waals surface area contributed by atoms with Crippen molar-refractivity contribution >= 4 is 18.4 Å². The second kappa shape index (κ2) is 5.56. The van der Waals surface area contributed by atoms with E-state index >= 15 is 0 Å². The number of amides is 2. The highest BCUT2D eigenvalue weighted by atomic mass is 35.5. The van der Waals surface area contributed by atoms with E-state index in [1.807, 2.05) is 16.8 Å². The van der Waals surface area contributed by atoms with E-state index in [1.54, 1.807) is 0 Å². The highest BCUT2D eigenvalue weighted by molar-refractivity contribution is 5.85. The van der Waals surface area contributed by atoms with Crippen LogP contribution in [0.15, 0.2) is 0 Å². The molecule has 15 heavy (non-hydrogen) atoms. The Morgan fingerprint density at radius 2 is 2.13 bits per heavy atom. The van der Waals surface area contributed by atoms with Gasteiger partial charge in [-0.2, -0.15) is 0 Å². The van der Waals surface area contributed by atoms with Crippen molar-refractivity contribution in [1.29, 1.82) is 0 Å². The number of rotatable bonds is 1. The number of piperidine rings is 1. The summed E-state index contributed by atoms with van der Waals surface area (Å²) in [5.41, 5.74) is 0. The van der Waals surface area contributed by atoms with Gasteiger partial charge in [0.25, 0.3) is 0 Å². The lowest BCUT2D eigenvalue weighted by Crippen LogP contribution is -2.55. The predicted molar refractivity (Wildman–Crippen MR) is 62.5 cm³/mol. The molecule has 0 aliphatic carbocycles. The van der Waals surface area contributed by atoms with Crippen molar-refractivity contribution in [2.24, 2.45) is 0 Å². The quantitative estimate of drug-likeness (QED) is 0.731.